The molecule has 0 aromatic heterocycles. The van der Waals surface area contributed by atoms with Gasteiger partial charge in [-0.25, -0.2) is 0 Å². The molecule has 1 aliphatic heterocycles. The Morgan fingerprint density at radius 2 is 1.89 bits per heavy atom. The molecule has 1 aromatic carbocycles. The summed E-state index contributed by atoms with van der Waals surface area (Å²) >= 11 is 0. The number of hydrogen-bond donors (Lipinski definition) is 2. The molecule has 100 valence electrons. The molecule has 2 rings (SSSR count). The van der Waals surface area contributed by atoms with Crippen LogP contribution in [0.15, 0.2) is 30.3 Å². The quantitative estimate of drug-likeness (QED) is 0.799. The van der Waals surface area contributed by atoms with Crippen LogP contribution in [0.1, 0.15) is 18.4 Å². The first kappa shape index (κ1) is 13.5. The van der Waals surface area contributed by atoms with Crippen molar-refractivity contribution >= 4 is 0 Å². The number of nitrogens with one attached hydrogen (secondary N) is 1. The highest BCUT2D eigenvalue weighted by Gasteiger charge is 2.16. The summed E-state index contributed by atoms with van der Waals surface area (Å²) < 4.78 is 0. The number of piperidine rings is 1. The van der Waals surface area contributed by atoms with E-state index in [4.69, 9.17) is 5.73 Å². The van der Waals surface area contributed by atoms with Crippen molar-refractivity contribution in [2.75, 3.05) is 32.7 Å². The van der Waals surface area contributed by atoms with E-state index in [0.29, 0.717) is 0 Å². The van der Waals surface area contributed by atoms with Gasteiger partial charge >= 0.3 is 0 Å². The van der Waals surface area contributed by atoms with E-state index < -0.39 is 0 Å². The van der Waals surface area contributed by atoms with E-state index in [1.165, 1.54) is 38.0 Å². The van der Waals surface area contributed by atoms with E-state index >= 15 is 0 Å². The van der Waals surface area contributed by atoms with Gasteiger partial charge < -0.3 is 11.1 Å². The Morgan fingerprint density at radius 3 is 2.56 bits per heavy atom. The number of nitrogens with zero attached hydrogens (tertiary/aromatic N) is 1. The molecule has 0 radical (unpaired) electrons. The fraction of sp³-hybridized carbons (Fsp3) is 0.600. The van der Waals surface area contributed by atoms with Crippen LogP contribution in [-0.2, 0) is 6.54 Å². The molecule has 3 heteroatoms. The van der Waals surface area contributed by atoms with Crippen LogP contribution >= 0.6 is 0 Å². The Morgan fingerprint density at radius 1 is 1.17 bits per heavy atom. The number of hydrogen-bond acceptors (Lipinski definition) is 3. The molecule has 0 amide bonds. The molecular weight excluding hydrogens is 222 g/mol. The highest BCUT2D eigenvalue weighted by atomic mass is 15.1. The van der Waals surface area contributed by atoms with Gasteiger partial charge in [0.25, 0.3) is 0 Å². The number of benzene rings is 1. The summed E-state index contributed by atoms with van der Waals surface area (Å²) in [4.78, 5) is 2.51. The summed E-state index contributed by atoms with van der Waals surface area (Å²) in [7, 11) is 0. The van der Waals surface area contributed by atoms with E-state index in [-0.39, 0.29) is 0 Å². The van der Waals surface area contributed by atoms with Crippen molar-refractivity contribution in [3.8, 4) is 0 Å². The monoisotopic (exact) mass is 247 g/mol. The fourth-order valence-corrected chi connectivity index (χ4v) is 2.69. The maximum Gasteiger partial charge on any atom is 0.0234 e. The zero-order valence-electron chi connectivity index (χ0n) is 11.1. The van der Waals surface area contributed by atoms with E-state index in [1.807, 2.05) is 0 Å². The van der Waals surface area contributed by atoms with Gasteiger partial charge in [-0.05, 0) is 37.4 Å². The minimum absolute atomic E-state index is 0.748. The van der Waals surface area contributed by atoms with Crippen molar-refractivity contribution in [3.05, 3.63) is 35.9 Å². The van der Waals surface area contributed by atoms with Crippen LogP contribution in [0.5, 0.6) is 0 Å². The molecule has 0 saturated carbocycles. The van der Waals surface area contributed by atoms with Gasteiger partial charge in [-0.15, -0.1) is 0 Å². The SMILES string of the molecule is NCCN(Cc1ccccc1)CC1CCNCC1. The summed E-state index contributed by atoms with van der Waals surface area (Å²) in [5.74, 6) is 0.835. The topological polar surface area (TPSA) is 41.3 Å². The summed E-state index contributed by atoms with van der Waals surface area (Å²) in [6.07, 6.45) is 2.60. The lowest BCUT2D eigenvalue weighted by Crippen LogP contribution is -2.38. The largest absolute Gasteiger partial charge is 0.329 e. The lowest BCUT2D eigenvalue weighted by Gasteiger charge is -2.29. The van der Waals surface area contributed by atoms with E-state index in [9.17, 15) is 0 Å². The highest BCUT2D eigenvalue weighted by Crippen LogP contribution is 2.15. The first-order valence-electron chi connectivity index (χ1n) is 7.05. The zero-order chi connectivity index (χ0) is 12.6. The van der Waals surface area contributed by atoms with Crippen molar-refractivity contribution in [1.29, 1.82) is 0 Å². The van der Waals surface area contributed by atoms with Gasteiger partial charge in [0.1, 0.15) is 0 Å². The van der Waals surface area contributed by atoms with Gasteiger partial charge in [0.15, 0.2) is 0 Å². The number of nitrogens with two attached hydrogens (primary N) is 1. The molecule has 1 saturated heterocycles. The lowest BCUT2D eigenvalue weighted by molar-refractivity contribution is 0.203. The first-order chi connectivity index (χ1) is 8.88. The molecular formula is C15H25N3. The molecule has 0 bridgehead atoms. The molecule has 1 fully saturated rings. The Labute approximate surface area is 110 Å². The van der Waals surface area contributed by atoms with Crippen LogP contribution in [0.2, 0.25) is 0 Å². The van der Waals surface area contributed by atoms with Crippen molar-refractivity contribution in [1.82, 2.24) is 10.2 Å². The Balaban J connectivity index is 1.86. The minimum Gasteiger partial charge on any atom is -0.329 e. The first-order valence-corrected chi connectivity index (χ1v) is 7.05. The Bertz CT molecular complexity index is 320. The van der Waals surface area contributed by atoms with Crippen molar-refractivity contribution in [2.24, 2.45) is 11.7 Å². The molecule has 0 spiro atoms. The third-order valence-corrected chi connectivity index (χ3v) is 3.67. The molecule has 18 heavy (non-hydrogen) atoms. The Hall–Kier alpha value is -0.900. The summed E-state index contributed by atoms with van der Waals surface area (Å²) in [6, 6.07) is 10.7. The van der Waals surface area contributed by atoms with Crippen LogP contribution in [-0.4, -0.2) is 37.6 Å². The molecule has 1 aromatic rings. The van der Waals surface area contributed by atoms with Crippen molar-refractivity contribution in [3.63, 3.8) is 0 Å². The standard InChI is InChI=1S/C15H25N3/c16-8-11-18(12-14-4-2-1-3-5-14)13-15-6-9-17-10-7-15/h1-5,15,17H,6-13,16H2. The molecule has 0 atom stereocenters. The maximum absolute atomic E-state index is 5.73. The average Bonchev–Trinajstić information content (AvgIpc) is 2.41. The van der Waals surface area contributed by atoms with Gasteiger partial charge in [-0.1, -0.05) is 30.3 Å². The van der Waals surface area contributed by atoms with E-state index in [2.05, 4.69) is 40.5 Å². The van der Waals surface area contributed by atoms with Gasteiger partial charge in [0.2, 0.25) is 0 Å². The maximum atomic E-state index is 5.73. The molecule has 1 heterocycles. The summed E-state index contributed by atoms with van der Waals surface area (Å²) in [5.41, 5.74) is 7.12. The lowest BCUT2D eigenvalue weighted by atomic mass is 9.97. The molecule has 0 unspecified atom stereocenters. The molecule has 1 aliphatic rings. The Kier molecular flexibility index (Phi) is 5.65. The highest BCUT2D eigenvalue weighted by molar-refractivity contribution is 5.14. The van der Waals surface area contributed by atoms with Gasteiger partial charge in [-0.2, -0.15) is 0 Å². The van der Waals surface area contributed by atoms with Gasteiger partial charge in [-0.3, -0.25) is 4.90 Å². The van der Waals surface area contributed by atoms with Crippen LogP contribution in [0.4, 0.5) is 0 Å². The smallest absolute Gasteiger partial charge is 0.0234 e. The van der Waals surface area contributed by atoms with Crippen LogP contribution in [0.3, 0.4) is 0 Å². The predicted octanol–water partition coefficient (Wildman–Crippen LogP) is 1.45. The van der Waals surface area contributed by atoms with Crippen LogP contribution < -0.4 is 11.1 Å². The van der Waals surface area contributed by atoms with Gasteiger partial charge in [0, 0.05) is 26.2 Å². The van der Waals surface area contributed by atoms with E-state index in [1.54, 1.807) is 0 Å². The van der Waals surface area contributed by atoms with Crippen molar-refractivity contribution < 1.29 is 0 Å². The normalized spacial score (nSPS) is 17.2. The fourth-order valence-electron chi connectivity index (χ4n) is 2.69. The summed E-state index contributed by atoms with van der Waals surface area (Å²) in [6.45, 7) is 6.31. The van der Waals surface area contributed by atoms with Crippen LogP contribution in [0.25, 0.3) is 0 Å². The van der Waals surface area contributed by atoms with Crippen molar-refractivity contribution in [2.45, 2.75) is 19.4 Å². The molecule has 0 aliphatic carbocycles. The second-order valence-corrected chi connectivity index (χ2v) is 5.20. The third-order valence-electron chi connectivity index (χ3n) is 3.67. The third kappa shape index (κ3) is 4.41. The average molecular weight is 247 g/mol. The molecule has 3 N–H and O–H groups in total. The van der Waals surface area contributed by atoms with Crippen LogP contribution in [0, 0.1) is 5.92 Å². The van der Waals surface area contributed by atoms with E-state index in [0.717, 1.165) is 25.6 Å². The second kappa shape index (κ2) is 7.52. The molecule has 3 nitrogen and oxygen atoms in total. The predicted molar refractivity (Wildman–Crippen MR) is 76.4 cm³/mol. The second-order valence-electron chi connectivity index (χ2n) is 5.20. The van der Waals surface area contributed by atoms with Gasteiger partial charge in [0.05, 0.1) is 0 Å². The zero-order valence-corrected chi connectivity index (χ0v) is 11.1. The number of rotatable bonds is 6. The minimum atomic E-state index is 0.748. The summed E-state index contributed by atoms with van der Waals surface area (Å²) in [5, 5.41) is 3.43.